The fraction of sp³-hybridized carbons (Fsp3) is 0. The van der Waals surface area contributed by atoms with Gasteiger partial charge < -0.3 is 10.9 Å². The number of nitrogens with two attached hydrogens (primary N) is 1. The van der Waals surface area contributed by atoms with Crippen molar-refractivity contribution in [2.75, 3.05) is 0 Å². The Morgan fingerprint density at radius 3 is 2.84 bits per heavy atom. The van der Waals surface area contributed by atoms with Gasteiger partial charge in [-0.2, -0.15) is 0 Å². The predicted molar refractivity (Wildman–Crippen MR) is 71.4 cm³/mol. The smallest absolute Gasteiger partial charge is 0.206 e. The highest BCUT2D eigenvalue weighted by atomic mass is 16.4. The van der Waals surface area contributed by atoms with Crippen LogP contribution in [0.15, 0.2) is 54.1 Å². The monoisotopic (exact) mass is 253 g/mol. The van der Waals surface area contributed by atoms with Crippen molar-refractivity contribution >= 4 is 16.7 Å². The Morgan fingerprint density at radius 2 is 2.00 bits per heavy atom. The SMILES string of the molecule is NC(=NO)c1nccn1-c1ccnc2ccccc12. The molecule has 0 amide bonds. The lowest BCUT2D eigenvalue weighted by atomic mass is 10.2. The molecule has 6 nitrogen and oxygen atoms in total. The number of imidazole rings is 1. The first-order valence-corrected chi connectivity index (χ1v) is 5.66. The highest BCUT2D eigenvalue weighted by molar-refractivity contribution is 5.95. The minimum Gasteiger partial charge on any atom is -0.409 e. The average Bonchev–Trinajstić information content (AvgIpc) is 2.95. The number of benzene rings is 1. The van der Waals surface area contributed by atoms with Crippen LogP contribution in [0.4, 0.5) is 0 Å². The van der Waals surface area contributed by atoms with E-state index in [0.717, 1.165) is 16.6 Å². The van der Waals surface area contributed by atoms with Gasteiger partial charge in [-0.1, -0.05) is 23.4 Å². The van der Waals surface area contributed by atoms with Gasteiger partial charge in [0.15, 0.2) is 5.82 Å². The van der Waals surface area contributed by atoms with Gasteiger partial charge in [0.1, 0.15) is 0 Å². The summed E-state index contributed by atoms with van der Waals surface area (Å²) in [5, 5.41) is 12.7. The molecule has 0 saturated heterocycles. The summed E-state index contributed by atoms with van der Waals surface area (Å²) in [5.74, 6) is 0.352. The third kappa shape index (κ3) is 1.79. The molecule has 0 fully saturated rings. The van der Waals surface area contributed by atoms with E-state index in [0.29, 0.717) is 5.82 Å². The zero-order valence-corrected chi connectivity index (χ0v) is 9.93. The molecule has 0 bridgehead atoms. The van der Waals surface area contributed by atoms with Gasteiger partial charge in [0.2, 0.25) is 5.84 Å². The second-order valence-corrected chi connectivity index (χ2v) is 3.95. The van der Waals surface area contributed by atoms with E-state index in [1.54, 1.807) is 23.2 Å². The zero-order valence-electron chi connectivity index (χ0n) is 9.93. The number of pyridine rings is 1. The van der Waals surface area contributed by atoms with Gasteiger partial charge in [0.25, 0.3) is 0 Å². The summed E-state index contributed by atoms with van der Waals surface area (Å²) < 4.78 is 1.76. The van der Waals surface area contributed by atoms with E-state index in [2.05, 4.69) is 15.1 Å². The van der Waals surface area contributed by atoms with E-state index in [1.807, 2.05) is 30.3 Å². The molecular formula is C13H11N5O. The van der Waals surface area contributed by atoms with Crippen LogP contribution >= 0.6 is 0 Å². The quantitative estimate of drug-likeness (QED) is 0.313. The number of amidine groups is 1. The van der Waals surface area contributed by atoms with E-state index >= 15 is 0 Å². The molecule has 3 rings (SSSR count). The van der Waals surface area contributed by atoms with Crippen LogP contribution in [0.25, 0.3) is 16.6 Å². The van der Waals surface area contributed by atoms with Crippen molar-refractivity contribution in [1.82, 2.24) is 14.5 Å². The van der Waals surface area contributed by atoms with Crippen molar-refractivity contribution in [3.8, 4) is 5.69 Å². The van der Waals surface area contributed by atoms with Gasteiger partial charge >= 0.3 is 0 Å². The number of nitrogens with zero attached hydrogens (tertiary/aromatic N) is 4. The molecule has 0 spiro atoms. The maximum absolute atomic E-state index is 8.79. The summed E-state index contributed by atoms with van der Waals surface area (Å²) in [4.78, 5) is 8.40. The summed E-state index contributed by atoms with van der Waals surface area (Å²) >= 11 is 0. The Morgan fingerprint density at radius 1 is 1.16 bits per heavy atom. The first kappa shape index (κ1) is 11.2. The molecular weight excluding hydrogens is 242 g/mol. The molecule has 0 unspecified atom stereocenters. The number of para-hydroxylation sites is 1. The Labute approximate surface area is 108 Å². The third-order valence-electron chi connectivity index (χ3n) is 2.86. The zero-order chi connectivity index (χ0) is 13.2. The molecule has 0 saturated carbocycles. The van der Waals surface area contributed by atoms with Crippen LogP contribution in [0.5, 0.6) is 0 Å². The van der Waals surface area contributed by atoms with Crippen LogP contribution in [-0.2, 0) is 0 Å². The van der Waals surface area contributed by atoms with E-state index in [4.69, 9.17) is 10.9 Å². The van der Waals surface area contributed by atoms with Gasteiger partial charge in [-0.3, -0.25) is 9.55 Å². The molecule has 0 aliphatic carbocycles. The van der Waals surface area contributed by atoms with Gasteiger partial charge in [-0.05, 0) is 12.1 Å². The molecule has 0 radical (unpaired) electrons. The summed E-state index contributed by atoms with van der Waals surface area (Å²) in [6.45, 7) is 0. The van der Waals surface area contributed by atoms with Crippen molar-refractivity contribution in [2.45, 2.75) is 0 Å². The standard InChI is InChI=1S/C13H11N5O/c14-12(17-19)13-16-7-8-18(13)11-5-6-15-10-4-2-1-3-9(10)11/h1-8,19H,(H2,14,17). The number of rotatable bonds is 2. The van der Waals surface area contributed by atoms with Crippen molar-refractivity contribution < 1.29 is 5.21 Å². The van der Waals surface area contributed by atoms with Crippen LogP contribution in [-0.4, -0.2) is 25.6 Å². The molecule has 0 aliphatic rings. The molecule has 0 aliphatic heterocycles. The lowest BCUT2D eigenvalue weighted by Gasteiger charge is -2.09. The van der Waals surface area contributed by atoms with Crippen molar-refractivity contribution in [2.24, 2.45) is 10.9 Å². The minimum absolute atomic E-state index is 0.0362. The summed E-state index contributed by atoms with van der Waals surface area (Å²) in [7, 11) is 0. The summed E-state index contributed by atoms with van der Waals surface area (Å²) in [5.41, 5.74) is 7.38. The van der Waals surface area contributed by atoms with Crippen molar-refractivity contribution in [3.05, 3.63) is 54.7 Å². The normalized spacial score (nSPS) is 11.9. The van der Waals surface area contributed by atoms with Crippen LogP contribution in [0, 0.1) is 0 Å². The predicted octanol–water partition coefficient (Wildman–Crippen LogP) is 1.51. The van der Waals surface area contributed by atoms with Crippen molar-refractivity contribution in [3.63, 3.8) is 0 Å². The number of hydrogen-bond acceptors (Lipinski definition) is 4. The fourth-order valence-electron chi connectivity index (χ4n) is 2.02. The maximum Gasteiger partial charge on any atom is 0.206 e. The Bertz CT molecular complexity index is 757. The van der Waals surface area contributed by atoms with Gasteiger partial charge in [-0.15, -0.1) is 0 Å². The van der Waals surface area contributed by atoms with Crippen LogP contribution in [0.3, 0.4) is 0 Å². The molecule has 19 heavy (non-hydrogen) atoms. The molecule has 3 N–H and O–H groups in total. The second kappa shape index (κ2) is 4.41. The van der Waals surface area contributed by atoms with E-state index in [1.165, 1.54) is 0 Å². The molecule has 94 valence electrons. The van der Waals surface area contributed by atoms with E-state index in [-0.39, 0.29) is 5.84 Å². The Balaban J connectivity index is 2.29. The minimum atomic E-state index is -0.0362. The fourth-order valence-corrected chi connectivity index (χ4v) is 2.02. The number of fused-ring (bicyclic) bond motifs is 1. The molecule has 0 atom stereocenters. The lowest BCUT2D eigenvalue weighted by molar-refractivity contribution is 0.318. The number of aromatic nitrogens is 3. The first-order valence-electron chi connectivity index (χ1n) is 5.66. The molecule has 3 aromatic rings. The molecule has 6 heteroatoms. The molecule has 1 aromatic carbocycles. The second-order valence-electron chi connectivity index (χ2n) is 3.95. The van der Waals surface area contributed by atoms with Gasteiger partial charge in [0, 0.05) is 24.0 Å². The highest BCUT2D eigenvalue weighted by Gasteiger charge is 2.11. The highest BCUT2D eigenvalue weighted by Crippen LogP contribution is 2.21. The lowest BCUT2D eigenvalue weighted by Crippen LogP contribution is -2.18. The Hall–Kier alpha value is -2.89. The van der Waals surface area contributed by atoms with Crippen LogP contribution in [0.1, 0.15) is 5.82 Å². The van der Waals surface area contributed by atoms with Crippen LogP contribution in [0.2, 0.25) is 0 Å². The number of oxime groups is 1. The first-order chi connectivity index (χ1) is 9.31. The van der Waals surface area contributed by atoms with Crippen molar-refractivity contribution in [1.29, 1.82) is 0 Å². The maximum atomic E-state index is 8.79. The number of hydrogen-bond donors (Lipinski definition) is 2. The molecule has 2 heterocycles. The summed E-state index contributed by atoms with van der Waals surface area (Å²) in [6.07, 6.45) is 5.07. The third-order valence-corrected chi connectivity index (χ3v) is 2.86. The largest absolute Gasteiger partial charge is 0.409 e. The van der Waals surface area contributed by atoms with E-state index < -0.39 is 0 Å². The Kier molecular flexibility index (Phi) is 2.60. The van der Waals surface area contributed by atoms with E-state index in [9.17, 15) is 0 Å². The molecule has 2 aromatic heterocycles. The summed E-state index contributed by atoms with van der Waals surface area (Å²) in [6, 6.07) is 9.62. The van der Waals surface area contributed by atoms with Gasteiger partial charge in [-0.25, -0.2) is 4.98 Å². The van der Waals surface area contributed by atoms with Gasteiger partial charge in [0.05, 0.1) is 11.2 Å². The average molecular weight is 253 g/mol. The van der Waals surface area contributed by atoms with Crippen LogP contribution < -0.4 is 5.73 Å². The topological polar surface area (TPSA) is 89.3 Å².